The Balaban J connectivity index is 1.45. The zero-order chi connectivity index (χ0) is 24.6. The molecule has 0 bridgehead atoms. The van der Waals surface area contributed by atoms with Gasteiger partial charge in [-0.3, -0.25) is 29.1 Å². The number of benzene rings is 1. The molecule has 3 heterocycles. The minimum Gasteiger partial charge on any atom is -0.329 e. The molecule has 1 fully saturated rings. The van der Waals surface area contributed by atoms with Crippen LogP contribution in [0, 0.1) is 0 Å². The summed E-state index contributed by atoms with van der Waals surface area (Å²) in [4.78, 5) is 55.7. The Morgan fingerprint density at radius 2 is 1.88 bits per heavy atom. The van der Waals surface area contributed by atoms with Crippen molar-refractivity contribution >= 4 is 33.3 Å². The number of carbonyl (C=O) groups is 4. The van der Waals surface area contributed by atoms with E-state index in [-0.39, 0.29) is 39.7 Å². The number of carbonyl (C=O) groups excluding carboxylic acids is 4. The molecule has 10 heteroatoms. The molecule has 4 rings (SSSR count). The Morgan fingerprint density at radius 3 is 2.53 bits per heavy atom. The molecule has 176 valence electrons. The molecule has 2 aliphatic rings. The first-order chi connectivity index (χ1) is 16.1. The van der Waals surface area contributed by atoms with Gasteiger partial charge in [-0.05, 0) is 49.1 Å². The van der Waals surface area contributed by atoms with Gasteiger partial charge in [-0.1, -0.05) is 19.6 Å². The summed E-state index contributed by atoms with van der Waals surface area (Å²) in [5.74, 6) is -1.80. The fourth-order valence-electron chi connectivity index (χ4n) is 4.04. The summed E-state index contributed by atoms with van der Waals surface area (Å²) in [6.07, 6.45) is 2.37. The van der Waals surface area contributed by atoms with Crippen LogP contribution >= 0.6 is 0 Å². The number of ketones is 1. The zero-order valence-electron chi connectivity index (χ0n) is 18.5. The van der Waals surface area contributed by atoms with Crippen LogP contribution in [0.15, 0.2) is 53.7 Å². The lowest BCUT2D eigenvalue weighted by molar-refractivity contribution is -0.125. The third kappa shape index (κ3) is 4.28. The molecule has 2 aliphatic heterocycles. The van der Waals surface area contributed by atoms with Gasteiger partial charge in [-0.2, -0.15) is 0 Å². The molecule has 0 aliphatic carbocycles. The van der Waals surface area contributed by atoms with Crippen LogP contribution in [0.2, 0.25) is 0 Å². The van der Waals surface area contributed by atoms with E-state index in [2.05, 4.69) is 16.9 Å². The molecule has 2 aromatic rings. The second kappa shape index (κ2) is 8.94. The number of nitrogens with one attached hydrogen (secondary N) is 1. The number of pyridine rings is 1. The quantitative estimate of drug-likeness (QED) is 0.473. The van der Waals surface area contributed by atoms with Gasteiger partial charge in [0.25, 0.3) is 11.8 Å². The van der Waals surface area contributed by atoms with Gasteiger partial charge < -0.3 is 5.32 Å². The smallest absolute Gasteiger partial charge is 0.262 e. The summed E-state index contributed by atoms with van der Waals surface area (Å²) in [6.45, 7) is 5.24. The number of piperidine rings is 1. The maximum absolute atomic E-state index is 13.0. The molecular weight excluding hydrogens is 458 g/mol. The minimum absolute atomic E-state index is 0.0559. The highest BCUT2D eigenvalue weighted by Crippen LogP contribution is 2.29. The van der Waals surface area contributed by atoms with Gasteiger partial charge >= 0.3 is 0 Å². The highest BCUT2D eigenvalue weighted by Gasteiger charge is 2.43. The summed E-state index contributed by atoms with van der Waals surface area (Å²) in [7, 11) is -3.40. The monoisotopic (exact) mass is 481 g/mol. The molecule has 0 radical (unpaired) electrons. The molecule has 3 amide bonds. The first kappa shape index (κ1) is 23.5. The molecular formula is C24H23N3O6S. The first-order valence-electron chi connectivity index (χ1n) is 10.8. The van der Waals surface area contributed by atoms with Gasteiger partial charge in [0, 0.05) is 18.3 Å². The van der Waals surface area contributed by atoms with E-state index in [1.807, 2.05) is 0 Å². The lowest BCUT2D eigenvalue weighted by Gasteiger charge is -2.29. The largest absolute Gasteiger partial charge is 0.329 e. The first-order valence-corrected chi connectivity index (χ1v) is 12.5. The number of sulfone groups is 1. The number of amides is 3. The second-order valence-electron chi connectivity index (χ2n) is 8.21. The van der Waals surface area contributed by atoms with Crippen LogP contribution in [-0.2, 0) is 21.1 Å². The van der Waals surface area contributed by atoms with Gasteiger partial charge in [0.15, 0.2) is 15.6 Å². The number of aromatic nitrogens is 1. The van der Waals surface area contributed by atoms with Crippen LogP contribution < -0.4 is 5.32 Å². The predicted octanol–water partition coefficient (Wildman–Crippen LogP) is 2.08. The Morgan fingerprint density at radius 1 is 1.15 bits per heavy atom. The average Bonchev–Trinajstić information content (AvgIpc) is 3.07. The molecule has 34 heavy (non-hydrogen) atoms. The van der Waals surface area contributed by atoms with Crippen molar-refractivity contribution in [2.75, 3.05) is 5.75 Å². The summed E-state index contributed by atoms with van der Waals surface area (Å²) in [6, 6.07) is 6.66. The Labute approximate surface area is 196 Å². The van der Waals surface area contributed by atoms with Gasteiger partial charge in [0.05, 0.1) is 21.8 Å². The van der Waals surface area contributed by atoms with E-state index in [1.165, 1.54) is 31.3 Å². The number of nitrogens with zero attached hydrogens (tertiary/aromatic N) is 2. The van der Waals surface area contributed by atoms with E-state index >= 15 is 0 Å². The van der Waals surface area contributed by atoms with Crippen LogP contribution in [0.1, 0.15) is 63.0 Å². The zero-order valence-corrected chi connectivity index (χ0v) is 19.4. The van der Waals surface area contributed by atoms with Gasteiger partial charge in [-0.15, -0.1) is 0 Å². The van der Waals surface area contributed by atoms with Gasteiger partial charge in [0.2, 0.25) is 5.91 Å². The summed E-state index contributed by atoms with van der Waals surface area (Å²) in [5.41, 5.74) is 1.83. The maximum atomic E-state index is 13.0. The Hall–Kier alpha value is -3.66. The summed E-state index contributed by atoms with van der Waals surface area (Å²) < 4.78 is 23.8. The number of aryl methyl sites for hydroxylation is 1. The van der Waals surface area contributed by atoms with Gasteiger partial charge in [0.1, 0.15) is 11.7 Å². The van der Waals surface area contributed by atoms with E-state index < -0.39 is 33.6 Å². The molecule has 0 saturated carbocycles. The average molecular weight is 482 g/mol. The fraction of sp³-hybridized carbons (Fsp3) is 0.292. The molecule has 1 N–H and O–H groups in total. The lowest BCUT2D eigenvalue weighted by atomic mass is 10.0. The molecule has 1 aromatic carbocycles. The molecule has 1 aromatic heterocycles. The number of rotatable bonds is 7. The van der Waals surface area contributed by atoms with Crippen LogP contribution in [0.5, 0.6) is 0 Å². The Bertz CT molecular complexity index is 1330. The lowest BCUT2D eigenvalue weighted by Crippen LogP contribution is -2.51. The SMILES string of the molecule is C=C1CCC(N2C(=O)c3ccc(CCC(=O)c4ccc(S(=O)(=O)CC)cn4)cc3C2=O)C(=O)N1. The number of fused-ring (bicyclic) bond motifs is 1. The highest BCUT2D eigenvalue weighted by molar-refractivity contribution is 7.91. The number of hydrogen-bond acceptors (Lipinski definition) is 7. The van der Waals surface area contributed by atoms with Crippen molar-refractivity contribution < 1.29 is 27.6 Å². The third-order valence-corrected chi connectivity index (χ3v) is 7.74. The number of imide groups is 1. The Kier molecular flexibility index (Phi) is 6.18. The van der Waals surface area contributed by atoms with Crippen LogP contribution in [-0.4, -0.2) is 53.6 Å². The van der Waals surface area contributed by atoms with Crippen LogP contribution in [0.3, 0.4) is 0 Å². The molecule has 9 nitrogen and oxygen atoms in total. The van der Waals surface area contributed by atoms with E-state index in [9.17, 15) is 27.6 Å². The topological polar surface area (TPSA) is 131 Å². The van der Waals surface area contributed by atoms with E-state index in [0.29, 0.717) is 30.5 Å². The number of hydrogen-bond donors (Lipinski definition) is 1. The normalized spacial score (nSPS) is 18.1. The van der Waals surface area contributed by atoms with E-state index in [4.69, 9.17) is 0 Å². The molecule has 1 unspecified atom stereocenters. The van der Waals surface area contributed by atoms with Crippen molar-refractivity contribution in [2.45, 2.75) is 43.5 Å². The van der Waals surface area contributed by atoms with E-state index in [0.717, 1.165) is 4.90 Å². The minimum atomic E-state index is -3.40. The van der Waals surface area contributed by atoms with Crippen molar-refractivity contribution in [3.63, 3.8) is 0 Å². The van der Waals surface area contributed by atoms with E-state index in [1.54, 1.807) is 12.1 Å². The van der Waals surface area contributed by atoms with Crippen LogP contribution in [0.25, 0.3) is 0 Å². The summed E-state index contributed by atoms with van der Waals surface area (Å²) >= 11 is 0. The maximum Gasteiger partial charge on any atom is 0.262 e. The molecule has 0 spiro atoms. The van der Waals surface area contributed by atoms with Gasteiger partial charge in [-0.25, -0.2) is 8.42 Å². The standard InChI is InChI=1S/C24H23N3O6S/c1-3-34(32,33)16-7-9-19(25-13-16)21(28)11-6-15-5-8-17-18(12-15)24(31)27(23(17)30)20-10-4-14(2)26-22(20)29/h5,7-9,12-13,20H,2-4,6,10-11H2,1H3,(H,26,29). The molecule has 1 saturated heterocycles. The van der Waals surface area contributed by atoms with Crippen LogP contribution in [0.4, 0.5) is 0 Å². The van der Waals surface area contributed by atoms with Crippen molar-refractivity contribution in [3.05, 3.63) is 71.2 Å². The van der Waals surface area contributed by atoms with Crippen molar-refractivity contribution in [1.29, 1.82) is 0 Å². The third-order valence-electron chi connectivity index (χ3n) is 6.02. The second-order valence-corrected chi connectivity index (χ2v) is 10.5. The van der Waals surface area contributed by atoms with Crippen molar-refractivity contribution in [2.24, 2.45) is 0 Å². The fourth-order valence-corrected chi connectivity index (χ4v) is 4.86. The number of allylic oxidation sites excluding steroid dienone is 1. The van der Waals surface area contributed by atoms with Crippen molar-refractivity contribution in [3.8, 4) is 0 Å². The summed E-state index contributed by atoms with van der Waals surface area (Å²) in [5, 5.41) is 2.59. The molecule has 1 atom stereocenters. The van der Waals surface area contributed by atoms with Crippen molar-refractivity contribution in [1.82, 2.24) is 15.2 Å². The highest BCUT2D eigenvalue weighted by atomic mass is 32.2. The number of Topliss-reactive ketones (excluding diaryl/α,β-unsaturated/α-hetero) is 1. The predicted molar refractivity (Wildman–Crippen MR) is 122 cm³/mol.